The van der Waals surface area contributed by atoms with Crippen LogP contribution in [0.25, 0.3) is 0 Å². The molecule has 0 aliphatic carbocycles. The Bertz CT molecular complexity index is 813. The first-order valence-electron chi connectivity index (χ1n) is 20.0. The molecule has 0 spiro atoms. The minimum Gasteiger partial charge on any atom is -0.469 e. The van der Waals surface area contributed by atoms with Gasteiger partial charge in [0.1, 0.15) is 6.29 Å². The first-order chi connectivity index (χ1) is 22.7. The second-order valence-electron chi connectivity index (χ2n) is 16.9. The lowest BCUT2D eigenvalue weighted by atomic mass is 9.93. The quantitative estimate of drug-likeness (QED) is 0.0311. The Balaban J connectivity index is 3.69. The van der Waals surface area contributed by atoms with E-state index in [1.807, 2.05) is 20.8 Å². The van der Waals surface area contributed by atoms with Crippen LogP contribution >= 0.6 is 0 Å². The van der Waals surface area contributed by atoms with Crippen LogP contribution in [0.2, 0.25) is 18.1 Å². The van der Waals surface area contributed by atoms with Gasteiger partial charge in [0.15, 0.2) is 8.32 Å². The third-order valence-corrected chi connectivity index (χ3v) is 14.8. The molecule has 0 aliphatic rings. The number of rotatable bonds is 31. The molecule has 284 valence electrons. The average Bonchev–Trinajstić information content (AvgIpc) is 3.01. The van der Waals surface area contributed by atoms with Gasteiger partial charge in [0.25, 0.3) is 0 Å². The third kappa shape index (κ3) is 24.0. The Hall–Kier alpha value is -1.21. The number of methoxy groups -OCH3 is 1. The highest BCUT2D eigenvalue weighted by molar-refractivity contribution is 6.74. The number of esters is 2. The first-order valence-corrected chi connectivity index (χ1v) is 22.9. The van der Waals surface area contributed by atoms with Crippen LogP contribution < -0.4 is 0 Å². The smallest absolute Gasteiger partial charge is 0.311 e. The summed E-state index contributed by atoms with van der Waals surface area (Å²) in [4.78, 5) is 35.8. The molecular formula is C41H80O6Si. The Morgan fingerprint density at radius 2 is 0.958 bits per heavy atom. The van der Waals surface area contributed by atoms with E-state index in [1.165, 1.54) is 129 Å². The van der Waals surface area contributed by atoms with Crippen LogP contribution in [0, 0.1) is 11.3 Å². The minimum atomic E-state index is -2.11. The molecule has 0 aromatic rings. The summed E-state index contributed by atoms with van der Waals surface area (Å²) in [5.74, 6) is -0.704. The lowest BCUT2D eigenvalue weighted by Crippen LogP contribution is -2.47. The highest BCUT2D eigenvalue weighted by Crippen LogP contribution is 2.39. The predicted molar refractivity (Wildman–Crippen MR) is 205 cm³/mol. The zero-order valence-corrected chi connectivity index (χ0v) is 34.4. The van der Waals surface area contributed by atoms with Crippen molar-refractivity contribution >= 4 is 26.5 Å². The van der Waals surface area contributed by atoms with Crippen molar-refractivity contribution in [1.82, 2.24) is 0 Å². The van der Waals surface area contributed by atoms with Gasteiger partial charge in [-0.15, -0.1) is 0 Å². The zero-order chi connectivity index (χ0) is 36.3. The second kappa shape index (κ2) is 27.5. The molecule has 0 aromatic carbocycles. The molecule has 0 bridgehead atoms. The molecule has 6 nitrogen and oxygen atoms in total. The molecule has 48 heavy (non-hydrogen) atoms. The molecule has 0 saturated heterocycles. The number of aldehydes is 1. The van der Waals surface area contributed by atoms with Crippen LogP contribution in [-0.4, -0.2) is 46.4 Å². The molecule has 7 heteroatoms. The van der Waals surface area contributed by atoms with E-state index in [9.17, 15) is 14.4 Å². The fourth-order valence-corrected chi connectivity index (χ4v) is 7.31. The predicted octanol–water partition coefficient (Wildman–Crippen LogP) is 12.3. The largest absolute Gasteiger partial charge is 0.469 e. The lowest BCUT2D eigenvalue weighted by molar-refractivity contribution is -0.153. The van der Waals surface area contributed by atoms with Crippen molar-refractivity contribution < 1.29 is 28.3 Å². The number of hydrogen-bond donors (Lipinski definition) is 0. The highest BCUT2D eigenvalue weighted by Gasteiger charge is 2.42. The van der Waals surface area contributed by atoms with Gasteiger partial charge in [-0.05, 0) is 51.7 Å². The Morgan fingerprint density at radius 3 is 1.27 bits per heavy atom. The van der Waals surface area contributed by atoms with E-state index in [4.69, 9.17) is 13.9 Å². The summed E-state index contributed by atoms with van der Waals surface area (Å²) < 4.78 is 17.0. The van der Waals surface area contributed by atoms with Gasteiger partial charge >= 0.3 is 11.9 Å². The van der Waals surface area contributed by atoms with Gasteiger partial charge < -0.3 is 18.7 Å². The molecule has 0 heterocycles. The summed E-state index contributed by atoms with van der Waals surface area (Å²) in [6.07, 6.45) is 29.9. The number of carbonyl (C=O) groups is 3. The SMILES string of the molecule is COC(=O)C(CCCCCCCCCCCCCCCCCCCCCCCCOC(=O)C(C)(C)C)[C@@H](CC=O)O[Si](C)(C)C(C)(C)C. The number of unbranched alkanes of at least 4 members (excludes halogenated alkanes) is 21. The summed E-state index contributed by atoms with van der Waals surface area (Å²) in [6.45, 7) is 17.2. The van der Waals surface area contributed by atoms with Gasteiger partial charge in [-0.2, -0.15) is 0 Å². The van der Waals surface area contributed by atoms with Gasteiger partial charge in [0.2, 0.25) is 0 Å². The van der Waals surface area contributed by atoms with Crippen molar-refractivity contribution in [2.45, 2.75) is 220 Å². The molecule has 0 saturated carbocycles. The van der Waals surface area contributed by atoms with Crippen molar-refractivity contribution in [3.63, 3.8) is 0 Å². The van der Waals surface area contributed by atoms with Crippen molar-refractivity contribution in [2.24, 2.45) is 11.3 Å². The zero-order valence-electron chi connectivity index (χ0n) is 33.4. The molecule has 0 aliphatic heterocycles. The van der Waals surface area contributed by atoms with Crippen LogP contribution in [0.5, 0.6) is 0 Å². The maximum absolute atomic E-state index is 12.6. The van der Waals surface area contributed by atoms with Gasteiger partial charge in [-0.1, -0.05) is 156 Å². The fraction of sp³-hybridized carbons (Fsp3) is 0.927. The summed E-state index contributed by atoms with van der Waals surface area (Å²) >= 11 is 0. The Labute approximate surface area is 299 Å². The maximum Gasteiger partial charge on any atom is 0.311 e. The van der Waals surface area contributed by atoms with Crippen molar-refractivity contribution in [3.05, 3.63) is 0 Å². The third-order valence-electron chi connectivity index (χ3n) is 10.3. The lowest BCUT2D eigenvalue weighted by Gasteiger charge is -2.40. The summed E-state index contributed by atoms with van der Waals surface area (Å²) in [6, 6.07) is 0. The van der Waals surface area contributed by atoms with Gasteiger partial charge in [-0.3, -0.25) is 9.59 Å². The maximum atomic E-state index is 12.6. The second-order valence-corrected chi connectivity index (χ2v) is 21.7. The monoisotopic (exact) mass is 697 g/mol. The van der Waals surface area contributed by atoms with E-state index in [0.717, 1.165) is 32.0 Å². The van der Waals surface area contributed by atoms with E-state index in [1.54, 1.807) is 0 Å². The topological polar surface area (TPSA) is 78.9 Å². The molecular weight excluding hydrogens is 617 g/mol. The van der Waals surface area contributed by atoms with Crippen LogP contribution in [0.15, 0.2) is 0 Å². The van der Waals surface area contributed by atoms with Gasteiger partial charge in [0.05, 0.1) is 31.2 Å². The van der Waals surface area contributed by atoms with Crippen LogP contribution in [0.3, 0.4) is 0 Å². The number of hydrogen-bond acceptors (Lipinski definition) is 6. The first kappa shape index (κ1) is 46.8. The van der Waals surface area contributed by atoms with Crippen molar-refractivity contribution in [2.75, 3.05) is 13.7 Å². The molecule has 2 atom stereocenters. The normalized spacial score (nSPS) is 13.7. The van der Waals surface area contributed by atoms with Crippen molar-refractivity contribution in [1.29, 1.82) is 0 Å². The van der Waals surface area contributed by atoms with Gasteiger partial charge in [-0.25, -0.2) is 0 Å². The van der Waals surface area contributed by atoms with Gasteiger partial charge in [0, 0.05) is 6.42 Å². The molecule has 1 unspecified atom stereocenters. The van der Waals surface area contributed by atoms with Crippen LogP contribution in [0.1, 0.15) is 196 Å². The highest BCUT2D eigenvalue weighted by atomic mass is 28.4. The van der Waals surface area contributed by atoms with E-state index in [2.05, 4.69) is 33.9 Å². The Kier molecular flexibility index (Phi) is 26.8. The molecule has 0 radical (unpaired) electrons. The molecule has 0 N–H and O–H groups in total. The van der Waals surface area contributed by atoms with E-state index in [0.29, 0.717) is 6.61 Å². The number of ether oxygens (including phenoxy) is 2. The Morgan fingerprint density at radius 1 is 0.604 bits per heavy atom. The minimum absolute atomic E-state index is 0.0190. The number of carbonyl (C=O) groups excluding carboxylic acids is 3. The molecule has 0 fully saturated rings. The standard InChI is InChI=1S/C41H80O6Si/c1-40(2,3)39(44)46-35-31-29-27-25-23-21-19-17-15-13-11-10-12-14-16-18-20-22-24-26-28-30-32-36(38(43)45-7)37(33-34-42)47-48(8,9)41(4,5)6/h34,36-37H,10-33,35H2,1-9H3/t36?,37-/m1/s1. The average molecular weight is 697 g/mol. The van der Waals surface area contributed by atoms with Crippen molar-refractivity contribution in [3.8, 4) is 0 Å². The van der Waals surface area contributed by atoms with Crippen LogP contribution in [-0.2, 0) is 28.3 Å². The fourth-order valence-electron chi connectivity index (χ4n) is 5.93. The molecule has 0 amide bonds. The summed E-state index contributed by atoms with van der Waals surface area (Å²) in [5.41, 5.74) is -0.390. The van der Waals surface area contributed by atoms with Crippen LogP contribution in [0.4, 0.5) is 0 Å². The van der Waals surface area contributed by atoms with E-state index >= 15 is 0 Å². The molecule has 0 rings (SSSR count). The van der Waals surface area contributed by atoms with E-state index < -0.39 is 14.4 Å². The summed E-state index contributed by atoms with van der Waals surface area (Å²) in [7, 11) is -0.669. The molecule has 0 aromatic heterocycles. The summed E-state index contributed by atoms with van der Waals surface area (Å²) in [5, 5.41) is 0.0190. The van der Waals surface area contributed by atoms with E-state index in [-0.39, 0.29) is 34.7 Å².